The quantitative estimate of drug-likeness (QED) is 0.605. The summed E-state index contributed by atoms with van der Waals surface area (Å²) in [6.45, 7) is 2.71. The van der Waals surface area contributed by atoms with Crippen LogP contribution < -0.4 is 10.1 Å². The van der Waals surface area contributed by atoms with Crippen LogP contribution in [-0.2, 0) is 4.79 Å². The Morgan fingerprint density at radius 1 is 1.22 bits per heavy atom. The van der Waals surface area contributed by atoms with Gasteiger partial charge in [-0.1, -0.05) is 37.3 Å². The fourth-order valence-electron chi connectivity index (χ4n) is 3.46. The van der Waals surface area contributed by atoms with Gasteiger partial charge in [0.25, 0.3) is 0 Å². The zero-order valence-electron chi connectivity index (χ0n) is 15.0. The lowest BCUT2D eigenvalue weighted by atomic mass is 9.88. The van der Waals surface area contributed by atoms with E-state index in [0.29, 0.717) is 13.0 Å². The smallest absolute Gasteiger partial charge is 0.225 e. The molecule has 0 fully saturated rings. The first-order chi connectivity index (χ1) is 13.2. The third-order valence-electron chi connectivity index (χ3n) is 4.68. The van der Waals surface area contributed by atoms with Crippen molar-refractivity contribution in [1.82, 2.24) is 0 Å². The number of fused-ring (bicyclic) bond motifs is 1. The average molecular weight is 381 g/mol. The summed E-state index contributed by atoms with van der Waals surface area (Å²) in [5.74, 6) is 0.443. The van der Waals surface area contributed by atoms with Gasteiger partial charge in [-0.15, -0.1) is 11.3 Å². The van der Waals surface area contributed by atoms with E-state index in [0.717, 1.165) is 39.4 Å². The van der Waals surface area contributed by atoms with Crippen molar-refractivity contribution in [2.24, 2.45) is 0 Å². The standard InChI is InChI=1S/C22H20FNO2S/c1-2-10-26-19-9-4-3-8-16(19)17-12-20(25)24-21-18(13-27-22(17)21)14-6-5-7-15(23)11-14/h3-9,11,13,17H,2,10,12H2,1H3,(H,24,25). The number of anilines is 1. The van der Waals surface area contributed by atoms with Crippen LogP contribution in [0.1, 0.15) is 36.1 Å². The highest BCUT2D eigenvalue weighted by Gasteiger charge is 2.32. The molecule has 1 aliphatic rings. The molecule has 1 aliphatic heterocycles. The van der Waals surface area contributed by atoms with Gasteiger partial charge in [-0.25, -0.2) is 4.39 Å². The Balaban J connectivity index is 1.78. The Morgan fingerprint density at radius 2 is 2.07 bits per heavy atom. The lowest BCUT2D eigenvalue weighted by Gasteiger charge is -2.25. The number of halogens is 1. The van der Waals surface area contributed by atoms with Crippen molar-refractivity contribution in [3.63, 3.8) is 0 Å². The maximum Gasteiger partial charge on any atom is 0.225 e. The van der Waals surface area contributed by atoms with E-state index in [9.17, 15) is 9.18 Å². The number of hydrogen-bond donors (Lipinski definition) is 1. The Morgan fingerprint density at radius 3 is 2.89 bits per heavy atom. The predicted octanol–water partition coefficient (Wildman–Crippen LogP) is 5.82. The highest BCUT2D eigenvalue weighted by Crippen LogP contribution is 2.48. The third kappa shape index (κ3) is 3.47. The van der Waals surface area contributed by atoms with Crippen molar-refractivity contribution in [2.75, 3.05) is 11.9 Å². The number of rotatable bonds is 5. The van der Waals surface area contributed by atoms with Crippen LogP contribution in [0.4, 0.5) is 10.1 Å². The molecule has 3 aromatic rings. The molecule has 138 valence electrons. The second-order valence-corrected chi connectivity index (χ2v) is 7.50. The summed E-state index contributed by atoms with van der Waals surface area (Å²) in [4.78, 5) is 13.5. The summed E-state index contributed by atoms with van der Waals surface area (Å²) in [5.41, 5.74) is 3.44. The van der Waals surface area contributed by atoms with Crippen molar-refractivity contribution in [2.45, 2.75) is 25.7 Å². The number of hydrogen-bond acceptors (Lipinski definition) is 3. The van der Waals surface area contributed by atoms with E-state index in [2.05, 4.69) is 12.2 Å². The van der Waals surface area contributed by atoms with Crippen LogP contribution in [0, 0.1) is 5.82 Å². The normalized spacial score (nSPS) is 15.9. The molecule has 1 unspecified atom stereocenters. The minimum absolute atomic E-state index is 0.0335. The van der Waals surface area contributed by atoms with Gasteiger partial charge < -0.3 is 10.1 Å². The van der Waals surface area contributed by atoms with E-state index in [1.165, 1.54) is 12.1 Å². The van der Waals surface area contributed by atoms with E-state index in [1.54, 1.807) is 17.4 Å². The van der Waals surface area contributed by atoms with E-state index < -0.39 is 0 Å². The maximum absolute atomic E-state index is 13.7. The molecular formula is C22H20FNO2S. The van der Waals surface area contributed by atoms with Crippen molar-refractivity contribution >= 4 is 22.9 Å². The number of ether oxygens (including phenoxy) is 1. The van der Waals surface area contributed by atoms with Crippen LogP contribution in [0.25, 0.3) is 11.1 Å². The molecule has 5 heteroatoms. The number of para-hydroxylation sites is 1. The van der Waals surface area contributed by atoms with Crippen molar-refractivity contribution in [3.05, 3.63) is 70.2 Å². The molecule has 0 bridgehead atoms. The van der Waals surface area contributed by atoms with Crippen molar-refractivity contribution < 1.29 is 13.9 Å². The summed E-state index contributed by atoms with van der Waals surface area (Å²) in [6.07, 6.45) is 1.30. The molecule has 1 aromatic heterocycles. The molecule has 1 amide bonds. The lowest BCUT2D eigenvalue weighted by Crippen LogP contribution is -2.22. The molecule has 0 aliphatic carbocycles. The summed E-state index contributed by atoms with van der Waals surface area (Å²) in [7, 11) is 0. The topological polar surface area (TPSA) is 38.3 Å². The van der Waals surface area contributed by atoms with Crippen LogP contribution in [0.2, 0.25) is 0 Å². The maximum atomic E-state index is 13.7. The Hall–Kier alpha value is -2.66. The van der Waals surface area contributed by atoms with Gasteiger partial charge in [-0.3, -0.25) is 4.79 Å². The summed E-state index contributed by atoms with van der Waals surface area (Å²) in [6, 6.07) is 14.4. The van der Waals surface area contributed by atoms with Gasteiger partial charge in [0.05, 0.1) is 12.3 Å². The highest BCUT2D eigenvalue weighted by molar-refractivity contribution is 7.11. The summed E-state index contributed by atoms with van der Waals surface area (Å²) in [5, 5.41) is 4.99. The molecule has 0 saturated heterocycles. The second kappa shape index (κ2) is 7.53. The zero-order chi connectivity index (χ0) is 18.8. The van der Waals surface area contributed by atoms with Gasteiger partial charge in [0.1, 0.15) is 11.6 Å². The fourth-order valence-corrected chi connectivity index (χ4v) is 4.61. The molecule has 27 heavy (non-hydrogen) atoms. The molecule has 1 atom stereocenters. The number of carbonyl (C=O) groups excluding carboxylic acids is 1. The number of carbonyl (C=O) groups is 1. The molecule has 1 N–H and O–H groups in total. The Kier molecular flexibility index (Phi) is 4.94. The van der Waals surface area contributed by atoms with E-state index in [1.807, 2.05) is 35.7 Å². The van der Waals surface area contributed by atoms with Gasteiger partial charge in [0.15, 0.2) is 0 Å². The van der Waals surface area contributed by atoms with Gasteiger partial charge in [-0.05, 0) is 30.2 Å². The predicted molar refractivity (Wildman–Crippen MR) is 107 cm³/mol. The first kappa shape index (κ1) is 17.7. The van der Waals surface area contributed by atoms with Gasteiger partial charge in [0, 0.05) is 33.7 Å². The monoisotopic (exact) mass is 381 g/mol. The number of nitrogens with one attached hydrogen (secondary N) is 1. The Bertz CT molecular complexity index is 982. The Labute approximate surface area is 161 Å². The van der Waals surface area contributed by atoms with Crippen molar-refractivity contribution in [3.8, 4) is 16.9 Å². The fraction of sp³-hybridized carbons (Fsp3) is 0.227. The zero-order valence-corrected chi connectivity index (χ0v) is 15.8. The number of benzene rings is 2. The van der Waals surface area contributed by atoms with Crippen LogP contribution in [0.3, 0.4) is 0 Å². The third-order valence-corrected chi connectivity index (χ3v) is 5.78. The summed E-state index contributed by atoms with van der Waals surface area (Å²) < 4.78 is 19.6. The first-order valence-corrected chi connectivity index (χ1v) is 9.94. The largest absolute Gasteiger partial charge is 0.493 e. The first-order valence-electron chi connectivity index (χ1n) is 9.06. The SMILES string of the molecule is CCCOc1ccccc1C1CC(=O)Nc2c(-c3cccc(F)c3)csc21. The minimum atomic E-state index is -0.288. The lowest BCUT2D eigenvalue weighted by molar-refractivity contribution is -0.116. The molecule has 0 spiro atoms. The van der Waals surface area contributed by atoms with Crippen molar-refractivity contribution in [1.29, 1.82) is 0 Å². The van der Waals surface area contributed by atoms with E-state index in [-0.39, 0.29) is 17.6 Å². The molecule has 2 aromatic carbocycles. The molecular weight excluding hydrogens is 361 g/mol. The van der Waals surface area contributed by atoms with Gasteiger partial charge in [0.2, 0.25) is 5.91 Å². The van der Waals surface area contributed by atoms with Crippen LogP contribution in [0.15, 0.2) is 53.9 Å². The number of amides is 1. The summed E-state index contributed by atoms with van der Waals surface area (Å²) >= 11 is 1.60. The van der Waals surface area contributed by atoms with Crippen LogP contribution >= 0.6 is 11.3 Å². The minimum Gasteiger partial charge on any atom is -0.493 e. The molecule has 0 radical (unpaired) electrons. The average Bonchev–Trinajstić information content (AvgIpc) is 3.09. The highest BCUT2D eigenvalue weighted by atomic mass is 32.1. The molecule has 3 nitrogen and oxygen atoms in total. The van der Waals surface area contributed by atoms with E-state index in [4.69, 9.17) is 4.74 Å². The second-order valence-electron chi connectivity index (χ2n) is 6.59. The van der Waals surface area contributed by atoms with Gasteiger partial charge >= 0.3 is 0 Å². The van der Waals surface area contributed by atoms with Gasteiger partial charge in [-0.2, -0.15) is 0 Å². The molecule has 4 rings (SSSR count). The van der Waals surface area contributed by atoms with Crippen LogP contribution in [-0.4, -0.2) is 12.5 Å². The molecule has 2 heterocycles. The molecule has 0 saturated carbocycles. The van der Waals surface area contributed by atoms with Crippen LogP contribution in [0.5, 0.6) is 5.75 Å². The number of thiophene rings is 1. The van der Waals surface area contributed by atoms with E-state index >= 15 is 0 Å².